The third-order valence-electron chi connectivity index (χ3n) is 4.51. The molecule has 1 aliphatic rings. The summed E-state index contributed by atoms with van der Waals surface area (Å²) in [4.78, 5) is 26.7. The number of aryl methyl sites for hydroxylation is 1. The third kappa shape index (κ3) is 4.77. The van der Waals surface area contributed by atoms with Gasteiger partial charge in [0.1, 0.15) is 11.6 Å². The number of nitrogens with one attached hydrogen (secondary N) is 2. The Bertz CT molecular complexity index is 871. The van der Waals surface area contributed by atoms with Crippen LogP contribution in [0, 0.1) is 12.7 Å². The molecule has 0 radical (unpaired) electrons. The number of benzene rings is 1. The Morgan fingerprint density at radius 3 is 2.75 bits per heavy atom. The molecular formula is C18H22FN5O4. The lowest BCUT2D eigenvalue weighted by Crippen LogP contribution is -2.53. The summed E-state index contributed by atoms with van der Waals surface area (Å²) < 4.78 is 19.0. The highest BCUT2D eigenvalue weighted by Gasteiger charge is 2.27. The minimum absolute atomic E-state index is 0.0486. The molecule has 0 aliphatic carbocycles. The first-order valence-corrected chi connectivity index (χ1v) is 8.83. The van der Waals surface area contributed by atoms with Crippen LogP contribution in [0.25, 0.3) is 0 Å². The van der Waals surface area contributed by atoms with Crippen molar-refractivity contribution in [3.63, 3.8) is 0 Å². The van der Waals surface area contributed by atoms with E-state index >= 15 is 0 Å². The van der Waals surface area contributed by atoms with Gasteiger partial charge in [0, 0.05) is 38.3 Å². The average molecular weight is 391 g/mol. The molecule has 0 saturated carbocycles. The molecule has 28 heavy (non-hydrogen) atoms. The molecule has 2 aromatic rings. The van der Waals surface area contributed by atoms with Crippen molar-refractivity contribution < 1.29 is 23.6 Å². The Morgan fingerprint density at radius 1 is 1.32 bits per heavy atom. The van der Waals surface area contributed by atoms with Gasteiger partial charge >= 0.3 is 12.1 Å². The molecule has 0 bridgehead atoms. The van der Waals surface area contributed by atoms with Crippen molar-refractivity contribution in [2.24, 2.45) is 0 Å². The molecule has 3 rings (SSSR count). The van der Waals surface area contributed by atoms with E-state index in [2.05, 4.69) is 20.7 Å². The van der Waals surface area contributed by atoms with E-state index in [4.69, 9.17) is 9.63 Å². The van der Waals surface area contributed by atoms with Crippen LogP contribution in [0.4, 0.5) is 25.5 Å². The molecule has 0 spiro atoms. The van der Waals surface area contributed by atoms with E-state index < -0.39 is 17.9 Å². The summed E-state index contributed by atoms with van der Waals surface area (Å²) in [7, 11) is 0. The Hall–Kier alpha value is -3.14. The maximum absolute atomic E-state index is 14.1. The molecule has 150 valence electrons. The zero-order chi connectivity index (χ0) is 20.3. The lowest BCUT2D eigenvalue weighted by Gasteiger charge is -2.38. The van der Waals surface area contributed by atoms with Gasteiger partial charge in [-0.15, -0.1) is 0 Å². The summed E-state index contributed by atoms with van der Waals surface area (Å²) >= 11 is 0. The summed E-state index contributed by atoms with van der Waals surface area (Å²) in [5.41, 5.74) is 0.859. The maximum atomic E-state index is 14.1. The molecule has 1 aliphatic heterocycles. The summed E-state index contributed by atoms with van der Waals surface area (Å²) in [6, 6.07) is 5.30. The fraction of sp³-hybridized carbons (Fsp3) is 0.389. The number of hydrogen-bond acceptors (Lipinski definition) is 5. The van der Waals surface area contributed by atoms with Gasteiger partial charge in [-0.05, 0) is 31.5 Å². The monoisotopic (exact) mass is 391 g/mol. The van der Waals surface area contributed by atoms with Crippen molar-refractivity contribution in [3.8, 4) is 0 Å². The molecule has 1 saturated heterocycles. The van der Waals surface area contributed by atoms with Crippen LogP contribution in [0.1, 0.15) is 18.2 Å². The van der Waals surface area contributed by atoms with Crippen LogP contribution >= 0.6 is 0 Å². The zero-order valence-corrected chi connectivity index (χ0v) is 15.6. The number of nitrogens with zero attached hydrogens (tertiary/aromatic N) is 3. The van der Waals surface area contributed by atoms with Gasteiger partial charge in [0.05, 0.1) is 5.69 Å². The van der Waals surface area contributed by atoms with E-state index in [9.17, 15) is 14.0 Å². The first kappa shape index (κ1) is 19.6. The number of rotatable bonds is 4. The SMILES string of the molecule is Cc1cc(NC(=O)Nc2cc(CN3CCN(C(=O)O)C(C)C3)ccc2F)no1. The molecule has 1 aromatic carbocycles. The highest BCUT2D eigenvalue weighted by molar-refractivity contribution is 5.99. The summed E-state index contributed by atoms with van der Waals surface area (Å²) in [5, 5.41) is 17.7. The quantitative estimate of drug-likeness (QED) is 0.739. The smallest absolute Gasteiger partial charge is 0.407 e. The van der Waals surface area contributed by atoms with Crippen LogP contribution in [0.3, 0.4) is 0 Å². The number of hydrogen-bond donors (Lipinski definition) is 3. The third-order valence-corrected chi connectivity index (χ3v) is 4.51. The lowest BCUT2D eigenvalue weighted by atomic mass is 10.1. The topological polar surface area (TPSA) is 111 Å². The lowest BCUT2D eigenvalue weighted by molar-refractivity contribution is 0.0711. The number of aromatic nitrogens is 1. The number of halogens is 1. The van der Waals surface area contributed by atoms with Gasteiger partial charge in [0.2, 0.25) is 0 Å². The molecular weight excluding hydrogens is 369 g/mol. The Morgan fingerprint density at radius 2 is 2.11 bits per heavy atom. The van der Waals surface area contributed by atoms with Crippen LogP contribution in [-0.2, 0) is 6.54 Å². The maximum Gasteiger partial charge on any atom is 0.407 e. The molecule has 2 heterocycles. The minimum Gasteiger partial charge on any atom is -0.465 e. The van der Waals surface area contributed by atoms with Crippen molar-refractivity contribution >= 4 is 23.6 Å². The van der Waals surface area contributed by atoms with E-state index in [0.717, 1.165) is 5.56 Å². The van der Waals surface area contributed by atoms with Crippen molar-refractivity contribution in [2.45, 2.75) is 26.4 Å². The highest BCUT2D eigenvalue weighted by atomic mass is 19.1. The second-order valence-electron chi connectivity index (χ2n) is 6.78. The van der Waals surface area contributed by atoms with Crippen molar-refractivity contribution in [3.05, 3.63) is 41.4 Å². The van der Waals surface area contributed by atoms with Crippen LogP contribution in [0.5, 0.6) is 0 Å². The predicted molar refractivity (Wildman–Crippen MR) is 99.8 cm³/mol. The summed E-state index contributed by atoms with van der Waals surface area (Å²) in [6.45, 7) is 5.66. The molecule has 1 fully saturated rings. The van der Waals surface area contributed by atoms with Crippen molar-refractivity contribution in [1.29, 1.82) is 0 Å². The number of carboxylic acid groups (broad SMARTS) is 1. The van der Waals surface area contributed by atoms with Gasteiger partial charge in [-0.2, -0.15) is 0 Å². The van der Waals surface area contributed by atoms with Gasteiger partial charge < -0.3 is 19.8 Å². The van der Waals surface area contributed by atoms with Gasteiger partial charge in [-0.1, -0.05) is 11.2 Å². The van der Waals surface area contributed by atoms with E-state index in [1.165, 1.54) is 11.0 Å². The number of carbonyl (C=O) groups is 2. The number of anilines is 2. The first-order valence-electron chi connectivity index (χ1n) is 8.83. The van der Waals surface area contributed by atoms with Gasteiger partial charge in [-0.3, -0.25) is 10.2 Å². The molecule has 1 atom stereocenters. The van der Waals surface area contributed by atoms with Crippen molar-refractivity contribution in [2.75, 3.05) is 30.3 Å². The van der Waals surface area contributed by atoms with Crippen LogP contribution in [0.2, 0.25) is 0 Å². The zero-order valence-electron chi connectivity index (χ0n) is 15.6. The van der Waals surface area contributed by atoms with Gasteiger partial charge in [0.15, 0.2) is 5.82 Å². The molecule has 9 nitrogen and oxygen atoms in total. The predicted octanol–water partition coefficient (Wildman–Crippen LogP) is 2.95. The highest BCUT2D eigenvalue weighted by Crippen LogP contribution is 2.20. The van der Waals surface area contributed by atoms with E-state index in [1.54, 1.807) is 25.1 Å². The molecule has 3 N–H and O–H groups in total. The van der Waals surface area contributed by atoms with Crippen molar-refractivity contribution in [1.82, 2.24) is 15.0 Å². The largest absolute Gasteiger partial charge is 0.465 e. The number of carbonyl (C=O) groups excluding carboxylic acids is 1. The number of piperazine rings is 1. The summed E-state index contributed by atoms with van der Waals surface area (Å²) in [6.07, 6.45) is -0.922. The van der Waals surface area contributed by atoms with Crippen LogP contribution < -0.4 is 10.6 Å². The Kier molecular flexibility index (Phi) is 5.78. The van der Waals surface area contributed by atoms with Crippen LogP contribution in [-0.4, -0.2) is 57.9 Å². The second-order valence-corrected chi connectivity index (χ2v) is 6.78. The fourth-order valence-corrected chi connectivity index (χ4v) is 3.18. The first-order chi connectivity index (χ1) is 13.3. The second kappa shape index (κ2) is 8.26. The molecule has 3 amide bonds. The number of urea groups is 1. The van der Waals surface area contributed by atoms with E-state index in [1.807, 2.05) is 6.92 Å². The van der Waals surface area contributed by atoms with E-state index in [-0.39, 0.29) is 17.5 Å². The molecule has 1 aromatic heterocycles. The minimum atomic E-state index is -0.922. The van der Waals surface area contributed by atoms with Crippen LogP contribution in [0.15, 0.2) is 28.8 Å². The molecule has 1 unspecified atom stereocenters. The van der Waals surface area contributed by atoms with E-state index in [0.29, 0.717) is 31.9 Å². The standard InChI is InChI=1S/C18H22FN5O4/c1-11-9-23(5-6-24(11)18(26)27)10-13-3-4-14(19)15(8-13)20-17(25)21-16-7-12(2)28-22-16/h3-4,7-8,11H,5-6,9-10H2,1-2H3,(H,26,27)(H2,20,21,22,25). The van der Waals surface area contributed by atoms with Gasteiger partial charge in [0.25, 0.3) is 0 Å². The Balaban J connectivity index is 1.61. The number of amides is 3. The molecule has 10 heteroatoms. The normalized spacial score (nSPS) is 17.4. The average Bonchev–Trinajstić information content (AvgIpc) is 3.02. The summed E-state index contributed by atoms with van der Waals surface area (Å²) in [5.74, 6) is 0.219. The Labute approximate surface area is 161 Å². The fourth-order valence-electron chi connectivity index (χ4n) is 3.18. The van der Waals surface area contributed by atoms with Gasteiger partial charge in [-0.25, -0.2) is 14.0 Å².